The molecule has 0 N–H and O–H groups in total. The number of hydrogen-bond donors (Lipinski definition) is 0. The molecule has 1 aliphatic rings. The number of hydrogen-bond acceptors (Lipinski definition) is 1. The monoisotopic (exact) mass is 380 g/mol. The van der Waals surface area contributed by atoms with Crippen molar-refractivity contribution in [3.05, 3.63) is 34.9 Å². The topological polar surface area (TPSA) is 9.23 Å². The molecule has 1 nitrogen and oxygen atoms in total. The molecule has 2 rings (SSSR count). The van der Waals surface area contributed by atoms with Crippen LogP contribution in [0, 0.1) is 11.6 Å². The minimum atomic E-state index is -0.593. The molecular formula is C24H38F2O. The highest BCUT2D eigenvalue weighted by atomic mass is 19.2. The number of ether oxygens (including phenoxy) is 1. The maximum absolute atomic E-state index is 15.1. The van der Waals surface area contributed by atoms with Crippen LogP contribution in [-0.4, -0.2) is 13.7 Å². The highest BCUT2D eigenvalue weighted by molar-refractivity contribution is 5.33. The molecule has 0 unspecified atom stereocenters. The fraction of sp³-hybridized carbons (Fsp3) is 0.750. The fourth-order valence-electron chi connectivity index (χ4n) is 4.70. The van der Waals surface area contributed by atoms with E-state index in [1.807, 2.05) is 12.1 Å². The van der Waals surface area contributed by atoms with Gasteiger partial charge in [-0.15, -0.1) is 0 Å². The van der Waals surface area contributed by atoms with Gasteiger partial charge in [-0.05, 0) is 55.1 Å². The molecule has 0 bridgehead atoms. The summed E-state index contributed by atoms with van der Waals surface area (Å²) in [6, 6.07) is 3.77. The van der Waals surface area contributed by atoms with Gasteiger partial charge in [-0.1, -0.05) is 70.4 Å². The Bertz CT molecular complexity index is 550. The van der Waals surface area contributed by atoms with Crippen molar-refractivity contribution >= 4 is 0 Å². The van der Waals surface area contributed by atoms with Crippen LogP contribution in [0.3, 0.4) is 0 Å². The third kappa shape index (κ3) is 6.27. The number of rotatable bonds is 12. The number of benzene rings is 1. The van der Waals surface area contributed by atoms with Gasteiger partial charge in [-0.3, -0.25) is 0 Å². The minimum absolute atomic E-state index is 0.142. The van der Waals surface area contributed by atoms with E-state index in [2.05, 4.69) is 6.92 Å². The molecule has 0 aliphatic heterocycles. The van der Waals surface area contributed by atoms with Crippen LogP contribution in [0.5, 0.6) is 0 Å². The molecule has 1 fully saturated rings. The Morgan fingerprint density at radius 1 is 0.889 bits per heavy atom. The number of unbranched alkanes of at least 4 members (excludes halogenated alkanes) is 5. The Morgan fingerprint density at radius 3 is 2.33 bits per heavy atom. The molecule has 154 valence electrons. The van der Waals surface area contributed by atoms with Crippen molar-refractivity contribution < 1.29 is 13.5 Å². The van der Waals surface area contributed by atoms with Crippen LogP contribution in [0.25, 0.3) is 0 Å². The van der Waals surface area contributed by atoms with Gasteiger partial charge in [0.1, 0.15) is 0 Å². The molecule has 1 saturated carbocycles. The first-order chi connectivity index (χ1) is 13.1. The molecule has 1 aliphatic carbocycles. The van der Waals surface area contributed by atoms with E-state index < -0.39 is 11.6 Å². The van der Waals surface area contributed by atoms with Crippen LogP contribution < -0.4 is 0 Å². The van der Waals surface area contributed by atoms with Gasteiger partial charge in [0.2, 0.25) is 0 Å². The molecule has 0 saturated heterocycles. The normalized spacial score (nSPS) is 16.6. The lowest BCUT2D eigenvalue weighted by Gasteiger charge is -2.38. The highest BCUT2D eigenvalue weighted by Gasteiger charge is 2.36. The molecule has 3 heteroatoms. The van der Waals surface area contributed by atoms with Crippen molar-refractivity contribution in [2.45, 2.75) is 102 Å². The summed E-state index contributed by atoms with van der Waals surface area (Å²) in [5.74, 6) is -1.16. The van der Waals surface area contributed by atoms with Crippen molar-refractivity contribution in [2.24, 2.45) is 0 Å². The van der Waals surface area contributed by atoms with Gasteiger partial charge in [0, 0.05) is 13.7 Å². The van der Waals surface area contributed by atoms with Crippen molar-refractivity contribution in [1.29, 1.82) is 0 Å². The van der Waals surface area contributed by atoms with E-state index in [0.717, 1.165) is 77.2 Å². The molecule has 0 amide bonds. The van der Waals surface area contributed by atoms with Gasteiger partial charge in [-0.25, -0.2) is 8.78 Å². The number of aryl methyl sites for hydroxylation is 1. The summed E-state index contributed by atoms with van der Waals surface area (Å²) in [7, 11) is 1.71. The van der Waals surface area contributed by atoms with Gasteiger partial charge in [0.05, 0.1) is 0 Å². The van der Waals surface area contributed by atoms with Gasteiger partial charge in [-0.2, -0.15) is 0 Å². The third-order valence-corrected chi connectivity index (χ3v) is 6.35. The quantitative estimate of drug-likeness (QED) is 0.341. The first-order valence-electron chi connectivity index (χ1n) is 11.1. The Hall–Kier alpha value is -0.960. The maximum atomic E-state index is 15.1. The van der Waals surface area contributed by atoms with Crippen LogP contribution in [0.1, 0.15) is 102 Å². The van der Waals surface area contributed by atoms with Crippen LogP contribution >= 0.6 is 0 Å². The van der Waals surface area contributed by atoms with E-state index in [4.69, 9.17) is 4.74 Å². The smallest absolute Gasteiger partial charge is 0.162 e. The zero-order valence-electron chi connectivity index (χ0n) is 17.4. The molecular weight excluding hydrogens is 342 g/mol. The summed E-state index contributed by atoms with van der Waals surface area (Å²) < 4.78 is 34.9. The fourth-order valence-corrected chi connectivity index (χ4v) is 4.70. The number of methoxy groups -OCH3 is 1. The van der Waals surface area contributed by atoms with Gasteiger partial charge >= 0.3 is 0 Å². The lowest BCUT2D eigenvalue weighted by molar-refractivity contribution is 0.192. The summed E-state index contributed by atoms with van der Waals surface area (Å²) in [6.45, 7) is 2.97. The number of halogens is 2. The molecule has 0 spiro atoms. The molecule has 27 heavy (non-hydrogen) atoms. The summed E-state index contributed by atoms with van der Waals surface area (Å²) in [6.07, 6.45) is 14.6. The summed E-state index contributed by atoms with van der Waals surface area (Å²) in [5, 5.41) is 0. The highest BCUT2D eigenvalue weighted by Crippen LogP contribution is 2.45. The van der Waals surface area contributed by atoms with E-state index in [1.165, 1.54) is 12.8 Å². The van der Waals surface area contributed by atoms with Crippen molar-refractivity contribution in [3.63, 3.8) is 0 Å². The third-order valence-electron chi connectivity index (χ3n) is 6.35. The lowest BCUT2D eigenvalue weighted by atomic mass is 9.66. The summed E-state index contributed by atoms with van der Waals surface area (Å²) in [5.41, 5.74) is 1.05. The molecule has 0 aromatic heterocycles. The molecule has 0 atom stereocenters. The molecule has 1 aromatic rings. The Kier molecular flexibility index (Phi) is 9.75. The van der Waals surface area contributed by atoms with Crippen LogP contribution in [0.15, 0.2) is 12.1 Å². The van der Waals surface area contributed by atoms with Gasteiger partial charge in [0.25, 0.3) is 0 Å². The Morgan fingerprint density at radius 2 is 1.63 bits per heavy atom. The van der Waals surface area contributed by atoms with Gasteiger partial charge < -0.3 is 4.74 Å². The standard InChI is InChI=1S/C24H38F2O/c1-3-4-9-16-24(17-10-7-11-18-24)21-15-14-20(22(25)23(21)26)13-8-5-6-12-19-27-2/h14-15H,3-13,16-19H2,1-2H3. The predicted molar refractivity (Wildman–Crippen MR) is 109 cm³/mol. The zero-order chi connectivity index (χ0) is 19.5. The van der Waals surface area contributed by atoms with E-state index in [1.54, 1.807) is 7.11 Å². The second-order valence-corrected chi connectivity index (χ2v) is 8.36. The molecule has 0 heterocycles. The van der Waals surface area contributed by atoms with Crippen molar-refractivity contribution in [3.8, 4) is 0 Å². The minimum Gasteiger partial charge on any atom is -0.385 e. The first-order valence-corrected chi connectivity index (χ1v) is 11.1. The van der Waals surface area contributed by atoms with E-state index >= 15 is 4.39 Å². The predicted octanol–water partition coefficient (Wildman–Crippen LogP) is 7.50. The molecule has 0 radical (unpaired) electrons. The Labute approximate surface area is 164 Å². The van der Waals surface area contributed by atoms with E-state index in [0.29, 0.717) is 17.5 Å². The second-order valence-electron chi connectivity index (χ2n) is 8.36. The first kappa shape index (κ1) is 22.3. The lowest BCUT2D eigenvalue weighted by Crippen LogP contribution is -2.30. The van der Waals surface area contributed by atoms with Crippen molar-refractivity contribution in [2.75, 3.05) is 13.7 Å². The van der Waals surface area contributed by atoms with Crippen LogP contribution in [0.2, 0.25) is 0 Å². The average molecular weight is 381 g/mol. The maximum Gasteiger partial charge on any atom is 0.162 e. The SMILES string of the molecule is CCCCCC1(c2ccc(CCCCCCOC)c(F)c2F)CCCCC1. The molecule has 1 aromatic carbocycles. The van der Waals surface area contributed by atoms with Crippen LogP contribution in [0.4, 0.5) is 8.78 Å². The van der Waals surface area contributed by atoms with E-state index in [9.17, 15) is 4.39 Å². The van der Waals surface area contributed by atoms with Crippen LogP contribution in [-0.2, 0) is 16.6 Å². The Balaban J connectivity index is 2.06. The van der Waals surface area contributed by atoms with E-state index in [-0.39, 0.29) is 5.41 Å². The summed E-state index contributed by atoms with van der Waals surface area (Å²) in [4.78, 5) is 0. The zero-order valence-corrected chi connectivity index (χ0v) is 17.4. The van der Waals surface area contributed by atoms with Gasteiger partial charge in [0.15, 0.2) is 11.6 Å². The second kappa shape index (κ2) is 11.8. The largest absolute Gasteiger partial charge is 0.385 e. The average Bonchev–Trinajstić information content (AvgIpc) is 2.68. The van der Waals surface area contributed by atoms with Crippen molar-refractivity contribution in [1.82, 2.24) is 0 Å². The summed E-state index contributed by atoms with van der Waals surface area (Å²) >= 11 is 0.